The predicted octanol–water partition coefficient (Wildman–Crippen LogP) is 3.89. The molecule has 1 fully saturated rings. The first kappa shape index (κ1) is 26.5. The lowest BCUT2D eigenvalue weighted by Gasteiger charge is -2.35. The van der Waals surface area contributed by atoms with E-state index in [0.717, 1.165) is 12.8 Å². The van der Waals surface area contributed by atoms with Crippen LogP contribution < -0.4 is 10.6 Å². The fourth-order valence-corrected chi connectivity index (χ4v) is 3.69. The minimum Gasteiger partial charge on any atom is -0.508 e. The van der Waals surface area contributed by atoms with Gasteiger partial charge in [0.25, 0.3) is 0 Å². The van der Waals surface area contributed by atoms with Crippen molar-refractivity contribution in [3.05, 3.63) is 29.8 Å². The minimum absolute atomic E-state index is 0.0173. The largest absolute Gasteiger partial charge is 0.508 e. The van der Waals surface area contributed by atoms with Crippen molar-refractivity contribution in [2.24, 2.45) is 5.92 Å². The molecular formula is C25H39N3O5. The molecule has 3 N–H and O–H groups in total. The number of ether oxygens (including phenoxy) is 1. The molecule has 33 heavy (non-hydrogen) atoms. The van der Waals surface area contributed by atoms with Crippen molar-refractivity contribution in [2.45, 2.75) is 97.5 Å². The van der Waals surface area contributed by atoms with Gasteiger partial charge in [-0.15, -0.1) is 0 Å². The van der Waals surface area contributed by atoms with Crippen molar-refractivity contribution < 1.29 is 24.2 Å². The number of amides is 3. The summed E-state index contributed by atoms with van der Waals surface area (Å²) in [5, 5.41) is 15.7. The van der Waals surface area contributed by atoms with Gasteiger partial charge in [0.2, 0.25) is 11.8 Å². The maximum absolute atomic E-state index is 13.9. The lowest BCUT2D eigenvalue weighted by Crippen LogP contribution is -2.54. The number of carbonyl (C=O) groups is 3. The van der Waals surface area contributed by atoms with Crippen molar-refractivity contribution in [2.75, 3.05) is 0 Å². The molecule has 0 saturated heterocycles. The van der Waals surface area contributed by atoms with E-state index in [1.54, 1.807) is 37.8 Å². The normalized spacial score (nSPS) is 15.7. The van der Waals surface area contributed by atoms with Gasteiger partial charge >= 0.3 is 6.09 Å². The Morgan fingerprint density at radius 3 is 2.24 bits per heavy atom. The number of phenolic OH excluding ortho intramolecular Hbond substituents is 1. The summed E-state index contributed by atoms with van der Waals surface area (Å²) in [5.41, 5.74) is -0.179. The summed E-state index contributed by atoms with van der Waals surface area (Å²) in [5.74, 6) is -0.511. The maximum atomic E-state index is 13.9. The van der Waals surface area contributed by atoms with Gasteiger partial charge in [-0.25, -0.2) is 4.79 Å². The second-order valence-electron chi connectivity index (χ2n) is 10.5. The van der Waals surface area contributed by atoms with E-state index in [1.807, 2.05) is 27.7 Å². The van der Waals surface area contributed by atoms with Crippen LogP contribution in [0.25, 0.3) is 0 Å². The van der Waals surface area contributed by atoms with Gasteiger partial charge in [-0.2, -0.15) is 0 Å². The number of hydrogen-bond donors (Lipinski definition) is 3. The van der Waals surface area contributed by atoms with Gasteiger partial charge in [0, 0.05) is 12.1 Å². The third-order valence-corrected chi connectivity index (χ3v) is 5.03. The molecule has 0 heterocycles. The summed E-state index contributed by atoms with van der Waals surface area (Å²) in [7, 11) is 0. The van der Waals surface area contributed by atoms with E-state index in [2.05, 4.69) is 10.6 Å². The Kier molecular flexibility index (Phi) is 8.75. The highest BCUT2D eigenvalue weighted by Gasteiger charge is 2.44. The lowest BCUT2D eigenvalue weighted by atomic mass is 9.98. The summed E-state index contributed by atoms with van der Waals surface area (Å²) in [6, 6.07) is 4.41. The lowest BCUT2D eigenvalue weighted by molar-refractivity contribution is -0.143. The number of benzene rings is 1. The highest BCUT2D eigenvalue weighted by atomic mass is 16.6. The van der Waals surface area contributed by atoms with Crippen LogP contribution in [0.4, 0.5) is 4.79 Å². The van der Waals surface area contributed by atoms with E-state index < -0.39 is 23.8 Å². The summed E-state index contributed by atoms with van der Waals surface area (Å²) in [6.45, 7) is 12.9. The monoisotopic (exact) mass is 461 g/mol. The van der Waals surface area contributed by atoms with Crippen LogP contribution in [-0.2, 0) is 14.3 Å². The van der Waals surface area contributed by atoms with E-state index in [1.165, 1.54) is 12.1 Å². The summed E-state index contributed by atoms with van der Waals surface area (Å²) >= 11 is 0. The molecule has 0 radical (unpaired) electrons. The first-order valence-electron chi connectivity index (χ1n) is 11.7. The Labute approximate surface area is 197 Å². The zero-order valence-electron chi connectivity index (χ0n) is 20.8. The molecule has 1 saturated carbocycles. The smallest absolute Gasteiger partial charge is 0.408 e. The maximum Gasteiger partial charge on any atom is 0.408 e. The Balaban J connectivity index is 2.43. The number of carbonyl (C=O) groups excluding carboxylic acids is 3. The SMILES string of the molecule is CC(C)CC(NC(=O)OC(C)(C)C)C(=O)N(C1CC1)C(C(=O)NC(C)C)c1cccc(O)c1. The van der Waals surface area contributed by atoms with Crippen LogP contribution in [0, 0.1) is 5.92 Å². The van der Waals surface area contributed by atoms with Gasteiger partial charge in [0.15, 0.2) is 0 Å². The molecule has 8 heteroatoms. The van der Waals surface area contributed by atoms with Gasteiger partial charge in [-0.3, -0.25) is 9.59 Å². The van der Waals surface area contributed by atoms with Gasteiger partial charge in [0.1, 0.15) is 23.4 Å². The second-order valence-corrected chi connectivity index (χ2v) is 10.5. The molecule has 0 aromatic heterocycles. The van der Waals surface area contributed by atoms with Crippen molar-refractivity contribution in [3.63, 3.8) is 0 Å². The molecule has 1 aliphatic carbocycles. The molecule has 1 aromatic carbocycles. The van der Waals surface area contributed by atoms with Gasteiger partial charge in [-0.1, -0.05) is 26.0 Å². The van der Waals surface area contributed by atoms with E-state index in [-0.39, 0.29) is 35.6 Å². The van der Waals surface area contributed by atoms with Gasteiger partial charge in [0.05, 0.1) is 0 Å². The molecule has 0 bridgehead atoms. The third kappa shape index (κ3) is 8.26. The summed E-state index contributed by atoms with van der Waals surface area (Å²) in [6.07, 6.45) is 1.28. The number of nitrogens with zero attached hydrogens (tertiary/aromatic N) is 1. The zero-order valence-corrected chi connectivity index (χ0v) is 20.8. The first-order chi connectivity index (χ1) is 15.3. The molecule has 2 rings (SSSR count). The molecule has 2 atom stereocenters. The Hall–Kier alpha value is -2.77. The molecule has 8 nitrogen and oxygen atoms in total. The molecule has 2 unspecified atom stereocenters. The van der Waals surface area contributed by atoms with E-state index in [4.69, 9.17) is 4.74 Å². The van der Waals surface area contributed by atoms with Crippen LogP contribution in [0.2, 0.25) is 0 Å². The quantitative estimate of drug-likeness (QED) is 0.517. The van der Waals surface area contributed by atoms with Crippen LogP contribution in [0.1, 0.15) is 79.3 Å². The Morgan fingerprint density at radius 1 is 1.12 bits per heavy atom. The molecule has 1 aromatic rings. The van der Waals surface area contributed by atoms with Crippen molar-refractivity contribution in [1.82, 2.24) is 15.5 Å². The number of nitrogens with one attached hydrogen (secondary N) is 2. The highest BCUT2D eigenvalue weighted by Crippen LogP contribution is 2.36. The standard InChI is InChI=1S/C25H39N3O5/c1-15(2)13-20(27-24(32)33-25(5,6)7)23(31)28(18-11-12-18)21(22(30)26-16(3)4)17-9-8-10-19(29)14-17/h8-10,14-16,18,20-21,29H,11-13H2,1-7H3,(H,26,30)(H,27,32). The highest BCUT2D eigenvalue weighted by molar-refractivity contribution is 5.92. The minimum atomic E-state index is -0.922. The van der Waals surface area contributed by atoms with E-state index in [0.29, 0.717) is 12.0 Å². The van der Waals surface area contributed by atoms with Crippen LogP contribution >= 0.6 is 0 Å². The number of rotatable bonds is 9. The van der Waals surface area contributed by atoms with Crippen LogP contribution in [0.15, 0.2) is 24.3 Å². The summed E-state index contributed by atoms with van der Waals surface area (Å²) in [4.78, 5) is 41.3. The van der Waals surface area contributed by atoms with Crippen molar-refractivity contribution in [3.8, 4) is 5.75 Å². The average molecular weight is 462 g/mol. The van der Waals surface area contributed by atoms with Gasteiger partial charge < -0.3 is 25.4 Å². The number of phenols is 1. The van der Waals surface area contributed by atoms with Crippen LogP contribution in [-0.4, -0.2) is 51.6 Å². The molecular weight excluding hydrogens is 422 g/mol. The molecule has 0 spiro atoms. The first-order valence-corrected chi connectivity index (χ1v) is 11.7. The second kappa shape index (κ2) is 10.9. The third-order valence-electron chi connectivity index (χ3n) is 5.03. The van der Waals surface area contributed by atoms with E-state index in [9.17, 15) is 19.5 Å². The van der Waals surface area contributed by atoms with Crippen molar-refractivity contribution >= 4 is 17.9 Å². The average Bonchev–Trinajstić information content (AvgIpc) is 3.47. The fourth-order valence-electron chi connectivity index (χ4n) is 3.69. The van der Waals surface area contributed by atoms with Gasteiger partial charge in [-0.05, 0) is 77.5 Å². The van der Waals surface area contributed by atoms with Crippen molar-refractivity contribution in [1.29, 1.82) is 0 Å². The topological polar surface area (TPSA) is 108 Å². The summed E-state index contributed by atoms with van der Waals surface area (Å²) < 4.78 is 5.38. The molecule has 1 aliphatic rings. The number of hydrogen-bond acceptors (Lipinski definition) is 5. The number of aromatic hydroxyl groups is 1. The Bertz CT molecular complexity index is 843. The fraction of sp³-hybridized carbons (Fsp3) is 0.640. The molecule has 3 amide bonds. The molecule has 184 valence electrons. The number of alkyl carbamates (subject to hydrolysis) is 1. The van der Waals surface area contributed by atoms with E-state index >= 15 is 0 Å². The molecule has 0 aliphatic heterocycles. The Morgan fingerprint density at radius 2 is 1.76 bits per heavy atom. The predicted molar refractivity (Wildman–Crippen MR) is 127 cm³/mol. The van der Waals surface area contributed by atoms with Crippen LogP contribution in [0.5, 0.6) is 5.75 Å². The zero-order chi connectivity index (χ0) is 24.9. The van der Waals surface area contributed by atoms with Crippen LogP contribution in [0.3, 0.4) is 0 Å².